The second-order valence-corrected chi connectivity index (χ2v) is 14.7. The van der Waals surface area contributed by atoms with Crippen molar-refractivity contribution in [2.75, 3.05) is 0 Å². The van der Waals surface area contributed by atoms with E-state index in [0.29, 0.717) is 22.5 Å². The lowest BCUT2D eigenvalue weighted by molar-refractivity contribution is -0.137. The maximum Gasteiger partial charge on any atom is 0.160 e. The van der Waals surface area contributed by atoms with Gasteiger partial charge in [0, 0.05) is 0 Å². The molecule has 1 nitrogen and oxygen atoms in total. The Morgan fingerprint density at radius 2 is 1.57 bits per heavy atom. The molecule has 0 bridgehead atoms. The quantitative estimate of drug-likeness (QED) is 0.318. The molecule has 3 heteroatoms. The first kappa shape index (κ1) is 23.8. The van der Waals surface area contributed by atoms with Crippen molar-refractivity contribution in [3.05, 3.63) is 0 Å². The second kappa shape index (κ2) is 8.77. The summed E-state index contributed by atoms with van der Waals surface area (Å²) in [6, 6.07) is 0. The van der Waals surface area contributed by atoms with Crippen LogP contribution in [0.25, 0.3) is 0 Å². The molecule has 0 amide bonds. The largest absolute Gasteiger partial charge is 0.297 e. The molecule has 0 saturated heterocycles. The Balaban J connectivity index is 1.50. The van der Waals surface area contributed by atoms with E-state index in [9.17, 15) is 4.79 Å². The first-order valence-corrected chi connectivity index (χ1v) is 14.7. The molecule has 0 radical (unpaired) electrons. The summed E-state index contributed by atoms with van der Waals surface area (Å²) in [5.41, 5.74) is 0.884. The van der Waals surface area contributed by atoms with E-state index in [1.807, 2.05) is 0 Å². The number of fused-ring (bicyclic) bond motifs is 5. The van der Waals surface area contributed by atoms with Crippen molar-refractivity contribution in [2.45, 2.75) is 108 Å². The zero-order chi connectivity index (χ0) is 21.8. The third kappa shape index (κ3) is 3.82. The summed E-state index contributed by atoms with van der Waals surface area (Å²) in [4.78, 5) is 12.8. The number of carbonyl (C=O) groups is 1. The van der Waals surface area contributed by atoms with Crippen LogP contribution in [0.5, 0.6) is 0 Å². The first-order valence-electron chi connectivity index (χ1n) is 12.9. The standard InChI is InChI=1S/C27H44Br2O/c1-16(2)7-6-8-17(3)19-11-12-20-18-9-10-22-24(29)25(30)23(28)15-27(22,5)21(18)13-14-26(19,20)4/h16-24H,6-15H2,1-5H3/t17-,18+,19+,20-,21-,22+,23-,24+,26-,27-/m1/s1. The van der Waals surface area contributed by atoms with E-state index in [-0.39, 0.29) is 9.65 Å². The van der Waals surface area contributed by atoms with Crippen molar-refractivity contribution >= 4 is 37.6 Å². The molecule has 0 aromatic rings. The highest BCUT2D eigenvalue weighted by Crippen LogP contribution is 2.68. The Labute approximate surface area is 202 Å². The third-order valence-corrected chi connectivity index (χ3v) is 12.6. The van der Waals surface area contributed by atoms with Gasteiger partial charge in [0.05, 0.1) is 9.65 Å². The number of hydrogen-bond acceptors (Lipinski definition) is 1. The summed E-state index contributed by atoms with van der Waals surface area (Å²) in [7, 11) is 0. The van der Waals surface area contributed by atoms with E-state index in [1.54, 1.807) is 0 Å². The van der Waals surface area contributed by atoms with Crippen LogP contribution in [-0.2, 0) is 4.79 Å². The lowest BCUT2D eigenvalue weighted by Gasteiger charge is -2.61. The van der Waals surface area contributed by atoms with Gasteiger partial charge in [0.2, 0.25) is 0 Å². The molecule has 0 aromatic heterocycles. The molecule has 0 unspecified atom stereocenters. The van der Waals surface area contributed by atoms with E-state index < -0.39 is 0 Å². The first-order chi connectivity index (χ1) is 14.1. The fourth-order valence-electron chi connectivity index (χ4n) is 9.15. The number of ketones is 1. The Kier molecular flexibility index (Phi) is 6.95. The Morgan fingerprint density at radius 1 is 0.900 bits per heavy atom. The SMILES string of the molecule is CC(C)CCC[C@@H](C)[C@@H]1CC[C@@H]2[C@@H]3CC[C@H]4[C@H](Br)C(=O)[C@H](Br)C[C@]4(C)[C@@H]3CC[C@@]21C. The lowest BCUT2D eigenvalue weighted by Crippen LogP contribution is -2.58. The van der Waals surface area contributed by atoms with Gasteiger partial charge in [0.1, 0.15) is 0 Å². The van der Waals surface area contributed by atoms with E-state index in [2.05, 4.69) is 66.5 Å². The molecule has 0 heterocycles. The van der Waals surface area contributed by atoms with Gasteiger partial charge in [-0.1, -0.05) is 85.7 Å². The van der Waals surface area contributed by atoms with Crippen LogP contribution in [0.3, 0.4) is 0 Å². The van der Waals surface area contributed by atoms with Gasteiger partial charge >= 0.3 is 0 Å². The van der Waals surface area contributed by atoms with Crippen LogP contribution in [0.4, 0.5) is 0 Å². The van der Waals surface area contributed by atoms with E-state index in [1.165, 1.54) is 57.8 Å². The highest BCUT2D eigenvalue weighted by molar-refractivity contribution is 9.10. The Morgan fingerprint density at radius 3 is 2.27 bits per heavy atom. The molecule has 4 rings (SSSR count). The second-order valence-electron chi connectivity index (χ2n) is 12.6. The highest BCUT2D eigenvalue weighted by Gasteiger charge is 2.62. The molecular weight excluding hydrogens is 500 g/mol. The number of Topliss-reactive ketones (excluding diaryl/α,β-unsaturated/α-hetero) is 1. The van der Waals surface area contributed by atoms with Crippen molar-refractivity contribution in [3.63, 3.8) is 0 Å². The van der Waals surface area contributed by atoms with Crippen LogP contribution < -0.4 is 0 Å². The molecule has 4 aliphatic carbocycles. The van der Waals surface area contributed by atoms with Crippen LogP contribution in [0, 0.1) is 52.3 Å². The van der Waals surface area contributed by atoms with Gasteiger partial charge in [-0.2, -0.15) is 0 Å². The maximum absolute atomic E-state index is 12.7. The van der Waals surface area contributed by atoms with Gasteiger partial charge in [-0.15, -0.1) is 0 Å². The number of carbonyl (C=O) groups excluding carboxylic acids is 1. The molecule has 0 spiro atoms. The summed E-state index contributed by atoms with van der Waals surface area (Å²) in [5, 5.41) is 0. The monoisotopic (exact) mass is 542 g/mol. The molecule has 0 N–H and O–H groups in total. The molecule has 4 fully saturated rings. The molecule has 172 valence electrons. The minimum atomic E-state index is 0.0486. The summed E-state index contributed by atoms with van der Waals surface area (Å²) in [5.74, 6) is 6.23. The molecule has 4 aliphatic rings. The smallest absolute Gasteiger partial charge is 0.160 e. The summed E-state index contributed by atoms with van der Waals surface area (Å²) in [6.45, 7) is 12.5. The minimum Gasteiger partial charge on any atom is -0.297 e. The average molecular weight is 544 g/mol. The molecular formula is C27H44Br2O. The van der Waals surface area contributed by atoms with Gasteiger partial charge in [-0.25, -0.2) is 0 Å². The summed E-state index contributed by atoms with van der Waals surface area (Å²) >= 11 is 7.60. The predicted molar refractivity (Wildman–Crippen MR) is 134 cm³/mol. The van der Waals surface area contributed by atoms with Gasteiger partial charge in [0.15, 0.2) is 5.78 Å². The van der Waals surface area contributed by atoms with Crippen LogP contribution in [0.15, 0.2) is 0 Å². The minimum absolute atomic E-state index is 0.0486. The molecule has 4 saturated carbocycles. The topological polar surface area (TPSA) is 17.1 Å². The van der Waals surface area contributed by atoms with Crippen molar-refractivity contribution in [1.29, 1.82) is 0 Å². The number of rotatable bonds is 5. The molecule has 0 aliphatic heterocycles. The zero-order valence-electron chi connectivity index (χ0n) is 19.9. The van der Waals surface area contributed by atoms with Gasteiger partial charge in [-0.05, 0) is 97.2 Å². The van der Waals surface area contributed by atoms with E-state index >= 15 is 0 Å². The Hall–Kier alpha value is 0.630. The zero-order valence-corrected chi connectivity index (χ0v) is 23.1. The number of alkyl halides is 2. The van der Waals surface area contributed by atoms with Crippen LogP contribution in [0.2, 0.25) is 0 Å². The fraction of sp³-hybridized carbons (Fsp3) is 0.963. The van der Waals surface area contributed by atoms with Crippen LogP contribution in [0.1, 0.15) is 98.8 Å². The van der Waals surface area contributed by atoms with Crippen LogP contribution >= 0.6 is 31.9 Å². The summed E-state index contributed by atoms with van der Waals surface area (Å²) in [6.07, 6.45) is 13.6. The highest BCUT2D eigenvalue weighted by atomic mass is 79.9. The molecule has 0 aromatic carbocycles. The molecule has 10 atom stereocenters. The van der Waals surface area contributed by atoms with E-state index in [0.717, 1.165) is 41.9 Å². The van der Waals surface area contributed by atoms with E-state index in [4.69, 9.17) is 0 Å². The lowest BCUT2D eigenvalue weighted by atomic mass is 9.44. The molecule has 30 heavy (non-hydrogen) atoms. The third-order valence-electron chi connectivity index (χ3n) is 10.7. The van der Waals surface area contributed by atoms with Gasteiger partial charge in [-0.3, -0.25) is 4.79 Å². The van der Waals surface area contributed by atoms with Crippen LogP contribution in [-0.4, -0.2) is 15.4 Å². The average Bonchev–Trinajstić information content (AvgIpc) is 3.03. The number of halogens is 2. The summed E-state index contributed by atoms with van der Waals surface area (Å²) < 4.78 is 0. The fourth-order valence-corrected chi connectivity index (χ4v) is 11.7. The van der Waals surface area contributed by atoms with Gasteiger partial charge in [0.25, 0.3) is 0 Å². The number of hydrogen-bond donors (Lipinski definition) is 0. The van der Waals surface area contributed by atoms with Crippen molar-refractivity contribution in [3.8, 4) is 0 Å². The maximum atomic E-state index is 12.7. The predicted octanol–water partition coefficient (Wildman–Crippen LogP) is 8.42. The Bertz CT molecular complexity index is 647. The van der Waals surface area contributed by atoms with Crippen molar-refractivity contribution in [2.24, 2.45) is 52.3 Å². The van der Waals surface area contributed by atoms with Crippen molar-refractivity contribution in [1.82, 2.24) is 0 Å². The normalized spacial score (nSPS) is 49.5. The van der Waals surface area contributed by atoms with Crippen molar-refractivity contribution < 1.29 is 4.79 Å². The van der Waals surface area contributed by atoms with Gasteiger partial charge < -0.3 is 0 Å².